The van der Waals surface area contributed by atoms with Crippen LogP contribution >= 0.6 is 11.3 Å². The highest BCUT2D eigenvalue weighted by Gasteiger charge is 2.21. The Kier molecular flexibility index (Phi) is 5.05. The summed E-state index contributed by atoms with van der Waals surface area (Å²) < 4.78 is 7.75. The van der Waals surface area contributed by atoms with Gasteiger partial charge in [-0.1, -0.05) is 58.9 Å². The molecule has 35 heavy (non-hydrogen) atoms. The number of pyridine rings is 1. The first-order valence-electron chi connectivity index (χ1n) is 12.5. The van der Waals surface area contributed by atoms with E-state index in [2.05, 4.69) is 90.1 Å². The Morgan fingerprint density at radius 3 is 2.49 bits per heavy atom. The van der Waals surface area contributed by atoms with E-state index in [-0.39, 0.29) is 5.41 Å². The highest BCUT2D eigenvalue weighted by Crippen LogP contribution is 2.42. The maximum atomic E-state index is 6.42. The van der Waals surface area contributed by atoms with Crippen molar-refractivity contribution in [3.63, 3.8) is 0 Å². The lowest BCUT2D eigenvalue weighted by atomic mass is 9.82. The summed E-state index contributed by atoms with van der Waals surface area (Å²) in [5.41, 5.74) is 6.73. The van der Waals surface area contributed by atoms with Crippen molar-refractivity contribution in [2.24, 2.45) is 5.92 Å². The van der Waals surface area contributed by atoms with E-state index in [9.17, 15) is 0 Å². The van der Waals surface area contributed by atoms with Gasteiger partial charge in [0, 0.05) is 26.7 Å². The molecule has 0 aliphatic carbocycles. The van der Waals surface area contributed by atoms with Gasteiger partial charge in [-0.15, -0.1) is 11.3 Å². The van der Waals surface area contributed by atoms with Gasteiger partial charge in [0.25, 0.3) is 0 Å². The fraction of sp³-hybridized carbons (Fsp3) is 0.281. The minimum Gasteiger partial charge on any atom is -0.456 e. The summed E-state index contributed by atoms with van der Waals surface area (Å²) in [7, 11) is 0. The second-order valence-electron chi connectivity index (χ2n) is 11.2. The fourth-order valence-electron chi connectivity index (χ4n) is 5.34. The Morgan fingerprint density at radius 2 is 1.71 bits per heavy atom. The molecule has 0 amide bonds. The summed E-state index contributed by atoms with van der Waals surface area (Å²) >= 11 is 1.93. The predicted molar refractivity (Wildman–Crippen MR) is 152 cm³/mol. The number of fused-ring (bicyclic) bond motifs is 5. The van der Waals surface area contributed by atoms with Gasteiger partial charge in [0.15, 0.2) is 0 Å². The van der Waals surface area contributed by atoms with Crippen LogP contribution in [0.15, 0.2) is 65.2 Å². The molecule has 0 aliphatic heterocycles. The fourth-order valence-corrected chi connectivity index (χ4v) is 6.78. The molecule has 0 atom stereocenters. The third-order valence-corrected chi connectivity index (χ3v) is 8.35. The molecule has 0 bridgehead atoms. The van der Waals surface area contributed by atoms with Gasteiger partial charge in [0.2, 0.25) is 0 Å². The highest BCUT2D eigenvalue weighted by atomic mass is 32.1. The zero-order chi connectivity index (χ0) is 24.5. The Balaban J connectivity index is 1.64. The zero-order valence-electron chi connectivity index (χ0n) is 21.3. The monoisotopic (exact) mass is 477 g/mol. The molecular formula is C32H31NOS. The highest BCUT2D eigenvalue weighted by molar-refractivity contribution is 7.19. The van der Waals surface area contributed by atoms with E-state index in [0.29, 0.717) is 5.92 Å². The van der Waals surface area contributed by atoms with Crippen LogP contribution in [0.2, 0.25) is 0 Å². The lowest BCUT2D eigenvalue weighted by Crippen LogP contribution is -2.12. The van der Waals surface area contributed by atoms with Crippen LogP contribution in [0, 0.1) is 12.8 Å². The van der Waals surface area contributed by atoms with Crippen LogP contribution in [0.4, 0.5) is 0 Å². The normalized spacial score (nSPS) is 12.7. The van der Waals surface area contributed by atoms with Crippen molar-refractivity contribution in [3.8, 4) is 11.3 Å². The van der Waals surface area contributed by atoms with Crippen LogP contribution in [-0.2, 0) is 11.8 Å². The molecule has 3 aromatic carbocycles. The van der Waals surface area contributed by atoms with E-state index in [4.69, 9.17) is 9.40 Å². The van der Waals surface area contributed by atoms with Gasteiger partial charge in [-0.2, -0.15) is 0 Å². The Hall–Kier alpha value is -3.17. The maximum Gasteiger partial charge on any atom is 0.139 e. The van der Waals surface area contributed by atoms with E-state index in [1.54, 1.807) is 0 Å². The van der Waals surface area contributed by atoms with Gasteiger partial charge in [-0.05, 0) is 82.3 Å². The molecule has 2 nitrogen and oxygen atoms in total. The minimum atomic E-state index is 0.0233. The van der Waals surface area contributed by atoms with E-state index in [1.807, 2.05) is 23.6 Å². The number of furan rings is 1. The SMILES string of the molecule is Cc1c(CC(C)C)sc2cc3c(cc12)oc1ccnc(-c2cc(C(C)(C)C)c4ccccc4c2)c13. The summed E-state index contributed by atoms with van der Waals surface area (Å²) in [5.74, 6) is 0.645. The van der Waals surface area contributed by atoms with E-state index >= 15 is 0 Å². The molecule has 0 fully saturated rings. The first-order valence-corrected chi connectivity index (χ1v) is 13.3. The average molecular weight is 478 g/mol. The van der Waals surface area contributed by atoms with Crippen molar-refractivity contribution >= 4 is 54.1 Å². The second kappa shape index (κ2) is 7.93. The summed E-state index contributed by atoms with van der Waals surface area (Å²) in [6, 6.07) is 19.8. The lowest BCUT2D eigenvalue weighted by Gasteiger charge is -2.22. The molecule has 3 heteroatoms. The summed E-state index contributed by atoms with van der Waals surface area (Å²) in [4.78, 5) is 6.40. The molecule has 6 rings (SSSR count). The molecule has 0 saturated carbocycles. The van der Waals surface area contributed by atoms with Gasteiger partial charge in [0.1, 0.15) is 11.2 Å². The Morgan fingerprint density at radius 1 is 0.914 bits per heavy atom. The Labute approximate surface area is 210 Å². The van der Waals surface area contributed by atoms with Crippen LogP contribution in [0.1, 0.15) is 50.6 Å². The first-order chi connectivity index (χ1) is 16.7. The third kappa shape index (κ3) is 3.65. The van der Waals surface area contributed by atoms with E-state index in [1.165, 1.54) is 36.9 Å². The number of benzene rings is 3. The molecule has 0 aliphatic rings. The standard InChI is InChI=1S/C32H31NOS/c1-18(2)13-28-19(3)23-16-27-24(17-29(23)35-28)30-26(34-27)11-12-33-31(30)21-14-20-9-7-8-10-22(20)25(15-21)32(4,5)6/h7-12,14-18H,13H2,1-6H3. The van der Waals surface area contributed by atoms with E-state index in [0.717, 1.165) is 39.6 Å². The minimum absolute atomic E-state index is 0.0233. The summed E-state index contributed by atoms with van der Waals surface area (Å²) in [6.45, 7) is 13.7. The molecule has 0 spiro atoms. The molecule has 3 heterocycles. The number of nitrogens with zero attached hydrogens (tertiary/aromatic N) is 1. The molecule has 0 radical (unpaired) electrons. The molecule has 0 saturated heterocycles. The van der Waals surface area contributed by atoms with Crippen LogP contribution in [0.5, 0.6) is 0 Å². The molecule has 6 aromatic rings. The summed E-state index contributed by atoms with van der Waals surface area (Å²) in [5, 5.41) is 6.12. The first kappa shape index (κ1) is 22.3. The zero-order valence-corrected chi connectivity index (χ0v) is 22.1. The van der Waals surface area contributed by atoms with Crippen molar-refractivity contribution in [2.75, 3.05) is 0 Å². The molecule has 0 unspecified atom stereocenters. The summed E-state index contributed by atoms with van der Waals surface area (Å²) in [6.07, 6.45) is 2.99. The van der Waals surface area contributed by atoms with Crippen molar-refractivity contribution < 1.29 is 4.42 Å². The molecule has 0 N–H and O–H groups in total. The number of aryl methyl sites for hydroxylation is 1. The van der Waals surface area contributed by atoms with Gasteiger partial charge >= 0.3 is 0 Å². The predicted octanol–water partition coefficient (Wildman–Crippen LogP) is 9.82. The second-order valence-corrected chi connectivity index (χ2v) is 12.4. The van der Waals surface area contributed by atoms with Crippen LogP contribution in [0.3, 0.4) is 0 Å². The largest absolute Gasteiger partial charge is 0.456 e. The number of aromatic nitrogens is 1. The Bertz CT molecular complexity index is 1740. The van der Waals surface area contributed by atoms with Crippen LogP contribution in [0.25, 0.3) is 54.1 Å². The maximum absolute atomic E-state index is 6.42. The number of thiophene rings is 1. The van der Waals surface area contributed by atoms with Crippen molar-refractivity contribution in [1.82, 2.24) is 4.98 Å². The smallest absolute Gasteiger partial charge is 0.139 e. The lowest BCUT2D eigenvalue weighted by molar-refractivity contribution is 0.596. The van der Waals surface area contributed by atoms with Crippen molar-refractivity contribution in [3.05, 3.63) is 76.8 Å². The van der Waals surface area contributed by atoms with Gasteiger partial charge in [0.05, 0.1) is 11.1 Å². The van der Waals surface area contributed by atoms with Crippen LogP contribution in [-0.4, -0.2) is 4.98 Å². The van der Waals surface area contributed by atoms with E-state index < -0.39 is 0 Å². The van der Waals surface area contributed by atoms with Crippen molar-refractivity contribution in [2.45, 2.75) is 53.4 Å². The van der Waals surface area contributed by atoms with Gasteiger partial charge in [-0.3, -0.25) is 4.98 Å². The third-order valence-electron chi connectivity index (χ3n) is 7.08. The number of hydrogen-bond donors (Lipinski definition) is 0. The number of rotatable bonds is 3. The topological polar surface area (TPSA) is 26.0 Å². The molecule has 3 aromatic heterocycles. The molecule has 176 valence electrons. The van der Waals surface area contributed by atoms with Crippen molar-refractivity contribution in [1.29, 1.82) is 0 Å². The molecular weight excluding hydrogens is 446 g/mol. The van der Waals surface area contributed by atoms with Gasteiger partial charge < -0.3 is 4.42 Å². The average Bonchev–Trinajstić information content (AvgIpc) is 3.32. The van der Waals surface area contributed by atoms with Gasteiger partial charge in [-0.25, -0.2) is 0 Å². The number of hydrogen-bond acceptors (Lipinski definition) is 3. The quantitative estimate of drug-likeness (QED) is 0.253. The van der Waals surface area contributed by atoms with Crippen LogP contribution < -0.4 is 0 Å².